The van der Waals surface area contributed by atoms with E-state index in [2.05, 4.69) is 0 Å². The molecule has 0 spiro atoms. The molecule has 2 aromatic carbocycles. The van der Waals surface area contributed by atoms with Gasteiger partial charge >= 0.3 is 5.97 Å². The minimum absolute atomic E-state index is 0.450. The summed E-state index contributed by atoms with van der Waals surface area (Å²) in [4.78, 5) is 13.6. The number of carboxylic acids is 1. The Morgan fingerprint density at radius 2 is 1.84 bits per heavy atom. The third kappa shape index (κ3) is 3.12. The molecular weight excluding hydrogens is 238 g/mol. The molecule has 2 aromatic rings. The first kappa shape index (κ1) is 13.6. The maximum atomic E-state index is 11.5. The second-order valence-corrected chi connectivity index (χ2v) is 5.05. The standard InChI is InChI=1S/C16H19NO2/c1-17(2)11-10-15(16(18)19)14-9-5-7-12-6-3-4-8-13(12)14/h3-9,15H,10-11H2,1-2H3,(H,18,19). The Morgan fingerprint density at radius 1 is 1.16 bits per heavy atom. The highest BCUT2D eigenvalue weighted by Crippen LogP contribution is 2.28. The van der Waals surface area contributed by atoms with E-state index in [1.165, 1.54) is 0 Å². The van der Waals surface area contributed by atoms with Gasteiger partial charge in [-0.3, -0.25) is 4.79 Å². The summed E-state index contributed by atoms with van der Waals surface area (Å²) in [6.45, 7) is 0.764. The summed E-state index contributed by atoms with van der Waals surface area (Å²) in [6.07, 6.45) is 0.621. The van der Waals surface area contributed by atoms with Crippen LogP contribution in [0, 0.1) is 0 Å². The van der Waals surface area contributed by atoms with Gasteiger partial charge in [-0.05, 0) is 43.4 Å². The molecule has 1 atom stereocenters. The number of fused-ring (bicyclic) bond motifs is 1. The highest BCUT2D eigenvalue weighted by atomic mass is 16.4. The molecule has 0 radical (unpaired) electrons. The van der Waals surface area contributed by atoms with Crippen molar-refractivity contribution in [1.29, 1.82) is 0 Å². The van der Waals surface area contributed by atoms with Crippen LogP contribution in [0.2, 0.25) is 0 Å². The van der Waals surface area contributed by atoms with E-state index in [1.807, 2.05) is 61.5 Å². The number of rotatable bonds is 5. The number of benzene rings is 2. The summed E-state index contributed by atoms with van der Waals surface area (Å²) in [5.74, 6) is -1.20. The van der Waals surface area contributed by atoms with Gasteiger partial charge in [0.1, 0.15) is 0 Å². The van der Waals surface area contributed by atoms with Crippen LogP contribution < -0.4 is 0 Å². The molecule has 2 rings (SSSR count). The van der Waals surface area contributed by atoms with Crippen molar-refractivity contribution in [3.05, 3.63) is 48.0 Å². The number of aliphatic carboxylic acids is 1. The smallest absolute Gasteiger partial charge is 0.311 e. The Hall–Kier alpha value is -1.87. The minimum Gasteiger partial charge on any atom is -0.481 e. The Balaban J connectivity index is 2.41. The SMILES string of the molecule is CN(C)CCC(C(=O)O)c1cccc2ccccc12. The number of nitrogens with zero attached hydrogens (tertiary/aromatic N) is 1. The average Bonchev–Trinajstić information content (AvgIpc) is 2.38. The van der Waals surface area contributed by atoms with Crippen molar-refractivity contribution in [1.82, 2.24) is 4.90 Å². The van der Waals surface area contributed by atoms with Crippen molar-refractivity contribution in [2.75, 3.05) is 20.6 Å². The molecule has 19 heavy (non-hydrogen) atoms. The van der Waals surface area contributed by atoms with Crippen LogP contribution in [0.1, 0.15) is 17.9 Å². The van der Waals surface area contributed by atoms with E-state index in [0.717, 1.165) is 22.9 Å². The van der Waals surface area contributed by atoms with Gasteiger partial charge in [-0.15, -0.1) is 0 Å². The molecule has 0 heterocycles. The lowest BCUT2D eigenvalue weighted by Crippen LogP contribution is -2.20. The lowest BCUT2D eigenvalue weighted by Gasteiger charge is -2.17. The first-order chi connectivity index (χ1) is 9.09. The van der Waals surface area contributed by atoms with Gasteiger partial charge in [-0.1, -0.05) is 42.5 Å². The molecule has 0 aliphatic heterocycles. The molecule has 0 saturated heterocycles. The fourth-order valence-corrected chi connectivity index (χ4v) is 2.35. The van der Waals surface area contributed by atoms with Gasteiger partial charge in [0.15, 0.2) is 0 Å². The van der Waals surface area contributed by atoms with E-state index in [-0.39, 0.29) is 0 Å². The van der Waals surface area contributed by atoms with E-state index < -0.39 is 11.9 Å². The second-order valence-electron chi connectivity index (χ2n) is 5.05. The molecule has 3 nitrogen and oxygen atoms in total. The number of hydrogen-bond donors (Lipinski definition) is 1. The third-order valence-corrected chi connectivity index (χ3v) is 3.36. The predicted molar refractivity (Wildman–Crippen MR) is 77.5 cm³/mol. The molecule has 0 aliphatic rings. The lowest BCUT2D eigenvalue weighted by atomic mass is 9.91. The fraction of sp³-hybridized carbons (Fsp3) is 0.312. The summed E-state index contributed by atoms with van der Waals surface area (Å²) in [7, 11) is 3.92. The van der Waals surface area contributed by atoms with Crippen LogP contribution in [0.4, 0.5) is 0 Å². The molecule has 1 unspecified atom stereocenters. The Morgan fingerprint density at radius 3 is 2.53 bits per heavy atom. The van der Waals surface area contributed by atoms with Gasteiger partial charge in [0.25, 0.3) is 0 Å². The maximum absolute atomic E-state index is 11.5. The zero-order valence-corrected chi connectivity index (χ0v) is 11.3. The minimum atomic E-state index is -0.752. The van der Waals surface area contributed by atoms with Crippen LogP contribution in [-0.2, 0) is 4.79 Å². The van der Waals surface area contributed by atoms with E-state index in [0.29, 0.717) is 6.42 Å². The van der Waals surface area contributed by atoms with Crippen LogP contribution in [-0.4, -0.2) is 36.6 Å². The molecule has 0 aliphatic carbocycles. The molecule has 0 saturated carbocycles. The van der Waals surface area contributed by atoms with Crippen LogP contribution in [0.25, 0.3) is 10.8 Å². The van der Waals surface area contributed by atoms with Gasteiger partial charge in [-0.25, -0.2) is 0 Å². The number of carboxylic acid groups (broad SMARTS) is 1. The molecule has 100 valence electrons. The van der Waals surface area contributed by atoms with Crippen LogP contribution in [0.3, 0.4) is 0 Å². The zero-order valence-electron chi connectivity index (χ0n) is 11.3. The summed E-state index contributed by atoms with van der Waals surface area (Å²) in [5, 5.41) is 11.6. The van der Waals surface area contributed by atoms with E-state index in [9.17, 15) is 9.90 Å². The second kappa shape index (κ2) is 5.85. The van der Waals surface area contributed by atoms with E-state index in [1.54, 1.807) is 0 Å². The topological polar surface area (TPSA) is 40.5 Å². The van der Waals surface area contributed by atoms with Crippen molar-refractivity contribution in [2.45, 2.75) is 12.3 Å². The van der Waals surface area contributed by atoms with Crippen molar-refractivity contribution < 1.29 is 9.90 Å². The molecule has 0 bridgehead atoms. The zero-order chi connectivity index (χ0) is 13.8. The van der Waals surface area contributed by atoms with Crippen LogP contribution >= 0.6 is 0 Å². The first-order valence-corrected chi connectivity index (χ1v) is 6.45. The number of hydrogen-bond acceptors (Lipinski definition) is 2. The highest BCUT2D eigenvalue weighted by Gasteiger charge is 2.21. The molecule has 0 fully saturated rings. The number of carbonyl (C=O) groups is 1. The van der Waals surface area contributed by atoms with E-state index >= 15 is 0 Å². The molecule has 3 heteroatoms. The monoisotopic (exact) mass is 257 g/mol. The summed E-state index contributed by atoms with van der Waals surface area (Å²) in [5.41, 5.74) is 0.910. The summed E-state index contributed by atoms with van der Waals surface area (Å²) in [6, 6.07) is 13.8. The summed E-state index contributed by atoms with van der Waals surface area (Å²) < 4.78 is 0. The normalized spacial score (nSPS) is 12.8. The van der Waals surface area contributed by atoms with Crippen LogP contribution in [0.15, 0.2) is 42.5 Å². The highest BCUT2D eigenvalue weighted by molar-refractivity contribution is 5.90. The summed E-state index contributed by atoms with van der Waals surface area (Å²) >= 11 is 0. The van der Waals surface area contributed by atoms with Gasteiger partial charge in [0.2, 0.25) is 0 Å². The van der Waals surface area contributed by atoms with Gasteiger partial charge in [0, 0.05) is 0 Å². The Kier molecular flexibility index (Phi) is 4.17. The molecule has 1 N–H and O–H groups in total. The van der Waals surface area contributed by atoms with Crippen molar-refractivity contribution in [3.63, 3.8) is 0 Å². The van der Waals surface area contributed by atoms with Gasteiger partial charge < -0.3 is 10.0 Å². The molecular formula is C16H19NO2. The average molecular weight is 257 g/mol. The van der Waals surface area contributed by atoms with Gasteiger partial charge in [0.05, 0.1) is 5.92 Å². The fourth-order valence-electron chi connectivity index (χ4n) is 2.35. The first-order valence-electron chi connectivity index (χ1n) is 6.45. The largest absolute Gasteiger partial charge is 0.481 e. The quantitative estimate of drug-likeness (QED) is 0.895. The molecule has 0 aromatic heterocycles. The Labute approximate surface area is 113 Å². The van der Waals surface area contributed by atoms with Crippen molar-refractivity contribution in [3.8, 4) is 0 Å². The predicted octanol–water partition coefficient (Wildman–Crippen LogP) is 2.96. The van der Waals surface area contributed by atoms with Crippen molar-refractivity contribution in [2.24, 2.45) is 0 Å². The van der Waals surface area contributed by atoms with E-state index in [4.69, 9.17) is 0 Å². The lowest BCUT2D eigenvalue weighted by molar-refractivity contribution is -0.139. The Bertz CT molecular complexity index is 572. The maximum Gasteiger partial charge on any atom is 0.311 e. The third-order valence-electron chi connectivity index (χ3n) is 3.36. The van der Waals surface area contributed by atoms with Crippen LogP contribution in [0.5, 0.6) is 0 Å². The van der Waals surface area contributed by atoms with Crippen molar-refractivity contribution >= 4 is 16.7 Å². The molecule has 0 amide bonds. The van der Waals surface area contributed by atoms with Gasteiger partial charge in [-0.2, -0.15) is 0 Å².